The maximum atomic E-state index is 7.19. The van der Waals surface area contributed by atoms with Gasteiger partial charge >= 0.3 is 0 Å². The predicted octanol–water partition coefficient (Wildman–Crippen LogP) is 13.8. The molecular formula is C43H58ClNS. The molecule has 5 rings (SSSR count). The summed E-state index contributed by atoms with van der Waals surface area (Å²) < 4.78 is 0. The average molecular weight is 656 g/mol. The van der Waals surface area contributed by atoms with Crippen LogP contribution in [0.3, 0.4) is 0 Å². The fourth-order valence-corrected chi connectivity index (χ4v) is 8.57. The number of rotatable bonds is 4. The van der Waals surface area contributed by atoms with Crippen LogP contribution in [0.4, 0.5) is 5.69 Å². The lowest BCUT2D eigenvalue weighted by atomic mass is 9.77. The van der Waals surface area contributed by atoms with Crippen molar-refractivity contribution in [3.05, 3.63) is 86.4 Å². The van der Waals surface area contributed by atoms with Crippen molar-refractivity contribution in [3.63, 3.8) is 0 Å². The molecule has 0 radical (unpaired) electrons. The average Bonchev–Trinajstić information content (AvgIpc) is 3.38. The molecule has 0 saturated carbocycles. The molecular weight excluding hydrogens is 598 g/mol. The summed E-state index contributed by atoms with van der Waals surface area (Å²) in [6.45, 7) is 30.3. The first-order valence-electron chi connectivity index (χ1n) is 17.5. The summed E-state index contributed by atoms with van der Waals surface area (Å²) in [5, 5.41) is 0.793. The van der Waals surface area contributed by atoms with E-state index in [0.717, 1.165) is 17.3 Å². The van der Waals surface area contributed by atoms with Crippen LogP contribution in [-0.4, -0.2) is 5.88 Å². The van der Waals surface area contributed by atoms with Crippen molar-refractivity contribution in [3.8, 4) is 22.3 Å². The Morgan fingerprint density at radius 2 is 1.07 bits per heavy atom. The van der Waals surface area contributed by atoms with E-state index in [4.69, 9.17) is 11.6 Å². The second kappa shape index (κ2) is 12.4. The van der Waals surface area contributed by atoms with Gasteiger partial charge in [-0.25, -0.2) is 0 Å². The van der Waals surface area contributed by atoms with Crippen molar-refractivity contribution in [2.75, 3.05) is 10.8 Å². The molecule has 1 nitrogen and oxygen atoms in total. The van der Waals surface area contributed by atoms with E-state index < -0.39 is 0 Å². The molecule has 1 unspecified atom stereocenters. The molecule has 1 aliphatic carbocycles. The van der Waals surface area contributed by atoms with Gasteiger partial charge in [-0.15, -0.1) is 11.8 Å². The summed E-state index contributed by atoms with van der Waals surface area (Å²) in [5.74, 6) is 1.63. The van der Waals surface area contributed by atoms with Gasteiger partial charge in [0.2, 0.25) is 0 Å². The number of nitrogens with zero attached hydrogens (tertiary/aromatic N) is 1. The second-order valence-electron chi connectivity index (χ2n) is 18.0. The number of thioether (sulfide) groups is 1. The fraction of sp³-hybridized carbons (Fsp3) is 0.535. The van der Waals surface area contributed by atoms with Crippen LogP contribution >= 0.6 is 23.4 Å². The highest BCUT2D eigenvalue weighted by Gasteiger charge is 2.35. The summed E-state index contributed by atoms with van der Waals surface area (Å²) in [4.78, 5) is 4.31. The lowest BCUT2D eigenvalue weighted by molar-refractivity contribution is 0.505. The van der Waals surface area contributed by atoms with Gasteiger partial charge in [-0.3, -0.25) is 0 Å². The molecule has 1 aliphatic heterocycles. The van der Waals surface area contributed by atoms with Crippen molar-refractivity contribution in [2.45, 2.75) is 137 Å². The van der Waals surface area contributed by atoms with Gasteiger partial charge in [-0.1, -0.05) is 138 Å². The molecule has 1 atom stereocenters. The molecule has 0 aromatic heterocycles. The molecule has 0 saturated heterocycles. The Morgan fingerprint density at radius 1 is 0.652 bits per heavy atom. The molecule has 0 N–H and O–H groups in total. The first-order valence-corrected chi connectivity index (χ1v) is 18.8. The summed E-state index contributed by atoms with van der Waals surface area (Å²) in [5.41, 5.74) is 13.4. The highest BCUT2D eigenvalue weighted by Crippen LogP contribution is 2.53. The fourth-order valence-electron chi connectivity index (χ4n) is 6.90. The largest absolute Gasteiger partial charge is 0.333 e. The van der Waals surface area contributed by atoms with Gasteiger partial charge < -0.3 is 4.90 Å². The molecule has 0 spiro atoms. The van der Waals surface area contributed by atoms with E-state index in [0.29, 0.717) is 5.92 Å². The lowest BCUT2D eigenvalue weighted by Gasteiger charge is -2.32. The predicted molar refractivity (Wildman–Crippen MR) is 207 cm³/mol. The molecule has 3 aromatic carbocycles. The Kier molecular flexibility index (Phi) is 9.46. The molecule has 1 heterocycles. The van der Waals surface area contributed by atoms with Crippen LogP contribution in [0.1, 0.15) is 138 Å². The molecule has 248 valence electrons. The van der Waals surface area contributed by atoms with Crippen molar-refractivity contribution >= 4 is 29.1 Å². The third-order valence-corrected chi connectivity index (χ3v) is 11.6. The number of allylic oxidation sites excluding steroid dienone is 2. The third-order valence-electron chi connectivity index (χ3n) is 10.1. The van der Waals surface area contributed by atoms with Crippen LogP contribution in [-0.2, 0) is 21.7 Å². The third kappa shape index (κ3) is 7.14. The number of anilines is 1. The van der Waals surface area contributed by atoms with Crippen LogP contribution in [0.25, 0.3) is 22.3 Å². The zero-order chi connectivity index (χ0) is 34.0. The van der Waals surface area contributed by atoms with Crippen LogP contribution < -0.4 is 4.90 Å². The minimum Gasteiger partial charge on any atom is -0.333 e. The Labute approximate surface area is 290 Å². The minimum atomic E-state index is 0.0249. The maximum absolute atomic E-state index is 7.19. The number of halogens is 1. The Morgan fingerprint density at radius 3 is 1.43 bits per heavy atom. The summed E-state index contributed by atoms with van der Waals surface area (Å²) in [6.07, 6.45) is 4.92. The zero-order valence-electron chi connectivity index (χ0n) is 31.0. The molecule has 0 amide bonds. The molecule has 3 heteroatoms. The van der Waals surface area contributed by atoms with E-state index in [1.807, 2.05) is 0 Å². The first kappa shape index (κ1) is 35.2. The Balaban J connectivity index is 1.89. The van der Waals surface area contributed by atoms with Crippen molar-refractivity contribution in [1.29, 1.82) is 0 Å². The van der Waals surface area contributed by atoms with Crippen molar-refractivity contribution in [1.82, 2.24) is 0 Å². The molecule has 0 fully saturated rings. The smallest absolute Gasteiger partial charge is 0.0729 e. The van der Waals surface area contributed by atoms with Gasteiger partial charge in [0.15, 0.2) is 0 Å². The van der Waals surface area contributed by atoms with Gasteiger partial charge in [0, 0.05) is 26.8 Å². The van der Waals surface area contributed by atoms with Gasteiger partial charge in [-0.2, -0.15) is 0 Å². The molecule has 46 heavy (non-hydrogen) atoms. The minimum absolute atomic E-state index is 0.0249. The normalized spacial score (nSPS) is 18.0. The maximum Gasteiger partial charge on any atom is 0.0729 e. The topological polar surface area (TPSA) is 3.24 Å². The van der Waals surface area contributed by atoms with Gasteiger partial charge in [-0.05, 0) is 98.8 Å². The Bertz CT molecular complexity index is 1490. The number of benzene rings is 3. The monoisotopic (exact) mass is 655 g/mol. The van der Waals surface area contributed by atoms with Crippen LogP contribution in [0.2, 0.25) is 5.02 Å². The standard InChI is InChI=1S/C43H58ClNS/c1-14-27-16-15-17-37-39(27)46-26-45(37)38-35(28-18-30(40(2,3)4)22-31(19-28)41(5,6)7)24-34(44)25-36(38)29-20-32(42(8,9)10)23-33(21-29)43(11,12)13/h18-25,27H,14-17,26H2,1-13H3. The van der Waals surface area contributed by atoms with Gasteiger partial charge in [0.25, 0.3) is 0 Å². The summed E-state index contributed by atoms with van der Waals surface area (Å²) in [7, 11) is 0. The highest BCUT2D eigenvalue weighted by atomic mass is 35.5. The highest BCUT2D eigenvalue weighted by molar-refractivity contribution is 8.03. The van der Waals surface area contributed by atoms with Crippen LogP contribution in [0.5, 0.6) is 0 Å². The number of hydrogen-bond donors (Lipinski definition) is 0. The van der Waals surface area contributed by atoms with E-state index in [9.17, 15) is 0 Å². The SMILES string of the molecule is CCC1CCCC2=C1SCN2c1c(-c2cc(C(C)(C)C)cc(C(C)(C)C)c2)cc(Cl)cc1-c1cc(C(C)(C)C)cc(C(C)(C)C)c1. The van der Waals surface area contributed by atoms with E-state index in [2.05, 4.69) is 155 Å². The molecule has 2 aliphatic rings. The van der Waals surface area contributed by atoms with Crippen LogP contribution in [0.15, 0.2) is 59.1 Å². The zero-order valence-corrected chi connectivity index (χ0v) is 32.5. The molecule has 0 bridgehead atoms. The van der Waals surface area contributed by atoms with E-state index in [-0.39, 0.29) is 21.7 Å². The second-order valence-corrected chi connectivity index (χ2v) is 19.4. The van der Waals surface area contributed by atoms with Gasteiger partial charge in [0.1, 0.15) is 0 Å². The first-order chi connectivity index (χ1) is 21.2. The summed E-state index contributed by atoms with van der Waals surface area (Å²) in [6, 6.07) is 19.1. The van der Waals surface area contributed by atoms with Crippen molar-refractivity contribution in [2.24, 2.45) is 5.92 Å². The van der Waals surface area contributed by atoms with E-state index >= 15 is 0 Å². The van der Waals surface area contributed by atoms with E-state index in [1.165, 1.54) is 69.5 Å². The Hall–Kier alpha value is -2.16. The van der Waals surface area contributed by atoms with E-state index in [1.54, 1.807) is 10.6 Å². The summed E-state index contributed by atoms with van der Waals surface area (Å²) >= 11 is 9.27. The van der Waals surface area contributed by atoms with Crippen LogP contribution in [0, 0.1) is 5.92 Å². The lowest BCUT2D eigenvalue weighted by Crippen LogP contribution is -2.22. The van der Waals surface area contributed by atoms with Gasteiger partial charge in [0.05, 0.1) is 11.6 Å². The number of hydrogen-bond acceptors (Lipinski definition) is 2. The quantitative estimate of drug-likeness (QED) is 0.275. The van der Waals surface area contributed by atoms with Crippen molar-refractivity contribution < 1.29 is 0 Å². The molecule has 3 aromatic rings.